The van der Waals surface area contributed by atoms with Crippen molar-refractivity contribution in [2.45, 2.75) is 32.2 Å². The summed E-state index contributed by atoms with van der Waals surface area (Å²) in [5.41, 5.74) is 1.45. The third-order valence-electron chi connectivity index (χ3n) is 4.31. The molecule has 0 radical (unpaired) electrons. The first-order chi connectivity index (χ1) is 12.1. The minimum Gasteiger partial charge on any atom is -0.477 e. The largest absolute Gasteiger partial charge is 0.477 e. The molecular formula is C18H17N3O3S. The molecule has 7 heteroatoms. The SMILES string of the molecule is O=C(Cc1cn2c(n1)CCCC2)Nc1ccc2sc(C(=O)O)cc2c1. The molecule has 2 aromatic heterocycles. The fourth-order valence-electron chi connectivity index (χ4n) is 3.15. The fourth-order valence-corrected chi connectivity index (χ4v) is 4.03. The van der Waals surface area contributed by atoms with Crippen molar-refractivity contribution in [1.82, 2.24) is 9.55 Å². The number of aryl methyl sites for hydroxylation is 2. The second-order valence-corrected chi connectivity index (χ2v) is 7.28. The van der Waals surface area contributed by atoms with E-state index in [2.05, 4.69) is 14.9 Å². The highest BCUT2D eigenvalue weighted by Crippen LogP contribution is 2.28. The van der Waals surface area contributed by atoms with Crippen LogP contribution in [0.5, 0.6) is 0 Å². The lowest BCUT2D eigenvalue weighted by Crippen LogP contribution is -2.14. The number of fused-ring (bicyclic) bond motifs is 2. The second kappa shape index (κ2) is 6.33. The van der Waals surface area contributed by atoms with Crippen LogP contribution >= 0.6 is 11.3 Å². The highest BCUT2D eigenvalue weighted by Gasteiger charge is 2.15. The molecule has 2 N–H and O–H groups in total. The number of carbonyl (C=O) groups is 2. The Bertz CT molecular complexity index is 950. The normalized spacial score (nSPS) is 13.6. The van der Waals surface area contributed by atoms with Crippen molar-refractivity contribution in [1.29, 1.82) is 0 Å². The van der Waals surface area contributed by atoms with Gasteiger partial charge in [-0.15, -0.1) is 11.3 Å². The predicted octanol–water partition coefficient (Wildman–Crippen LogP) is 3.31. The van der Waals surface area contributed by atoms with Crippen molar-refractivity contribution < 1.29 is 14.7 Å². The molecule has 0 bridgehead atoms. The topological polar surface area (TPSA) is 84.2 Å². The van der Waals surface area contributed by atoms with Crippen molar-refractivity contribution >= 4 is 39.0 Å². The van der Waals surface area contributed by atoms with Crippen LogP contribution in [0.4, 0.5) is 5.69 Å². The molecule has 0 spiro atoms. The van der Waals surface area contributed by atoms with Crippen molar-refractivity contribution in [2.24, 2.45) is 0 Å². The lowest BCUT2D eigenvalue weighted by atomic mass is 10.2. The maximum absolute atomic E-state index is 12.3. The number of imidazole rings is 1. The number of aromatic nitrogens is 2. The average molecular weight is 355 g/mol. The molecule has 4 rings (SSSR count). The van der Waals surface area contributed by atoms with Crippen LogP contribution in [-0.4, -0.2) is 26.5 Å². The van der Waals surface area contributed by atoms with Crippen molar-refractivity contribution in [3.05, 3.63) is 46.9 Å². The molecule has 6 nitrogen and oxygen atoms in total. The molecule has 1 amide bonds. The molecule has 25 heavy (non-hydrogen) atoms. The summed E-state index contributed by atoms with van der Waals surface area (Å²) in [5, 5.41) is 12.8. The quantitative estimate of drug-likeness (QED) is 0.752. The average Bonchev–Trinajstić information content (AvgIpc) is 3.17. The zero-order chi connectivity index (χ0) is 17.4. The summed E-state index contributed by atoms with van der Waals surface area (Å²) in [6, 6.07) is 7.05. The molecule has 0 unspecified atom stereocenters. The van der Waals surface area contributed by atoms with E-state index in [-0.39, 0.29) is 12.3 Å². The van der Waals surface area contributed by atoms with Crippen LogP contribution in [0.15, 0.2) is 30.5 Å². The van der Waals surface area contributed by atoms with Crippen LogP contribution in [-0.2, 0) is 24.2 Å². The van der Waals surface area contributed by atoms with E-state index in [1.54, 1.807) is 18.2 Å². The Morgan fingerprint density at radius 3 is 2.96 bits per heavy atom. The second-order valence-electron chi connectivity index (χ2n) is 6.19. The van der Waals surface area contributed by atoms with Gasteiger partial charge in [-0.25, -0.2) is 9.78 Å². The lowest BCUT2D eigenvalue weighted by Gasteiger charge is -2.11. The molecular weight excluding hydrogens is 338 g/mol. The fraction of sp³-hybridized carbons (Fsp3) is 0.278. The minimum absolute atomic E-state index is 0.122. The summed E-state index contributed by atoms with van der Waals surface area (Å²) in [5.74, 6) is 0.00830. The van der Waals surface area contributed by atoms with Crippen LogP contribution < -0.4 is 5.32 Å². The zero-order valence-electron chi connectivity index (χ0n) is 13.5. The number of hydrogen-bond donors (Lipinski definition) is 2. The summed E-state index contributed by atoms with van der Waals surface area (Å²) in [7, 11) is 0. The Balaban J connectivity index is 1.47. The Hall–Kier alpha value is -2.67. The number of nitrogens with zero attached hydrogens (tertiary/aromatic N) is 2. The number of amides is 1. The number of nitrogens with one attached hydrogen (secondary N) is 1. The summed E-state index contributed by atoms with van der Waals surface area (Å²) in [6.07, 6.45) is 5.50. The van der Waals surface area contributed by atoms with Crippen LogP contribution in [0.2, 0.25) is 0 Å². The number of carbonyl (C=O) groups excluding carboxylic acids is 1. The van der Waals surface area contributed by atoms with E-state index in [1.165, 1.54) is 11.3 Å². The number of carboxylic acid groups (broad SMARTS) is 1. The van der Waals surface area contributed by atoms with Crippen LogP contribution in [0.1, 0.15) is 34.0 Å². The number of rotatable bonds is 4. The molecule has 128 valence electrons. The number of benzene rings is 1. The van der Waals surface area contributed by atoms with Crippen LogP contribution in [0.3, 0.4) is 0 Å². The van der Waals surface area contributed by atoms with E-state index in [1.807, 2.05) is 12.3 Å². The zero-order valence-corrected chi connectivity index (χ0v) is 14.3. The van der Waals surface area contributed by atoms with E-state index < -0.39 is 5.97 Å². The van der Waals surface area contributed by atoms with Crippen molar-refractivity contribution in [2.75, 3.05) is 5.32 Å². The molecule has 1 aliphatic heterocycles. The van der Waals surface area contributed by atoms with Gasteiger partial charge in [-0.3, -0.25) is 4.79 Å². The molecule has 0 saturated carbocycles. The van der Waals surface area contributed by atoms with Gasteiger partial charge in [-0.05, 0) is 42.5 Å². The molecule has 3 heterocycles. The van der Waals surface area contributed by atoms with Gasteiger partial charge >= 0.3 is 5.97 Å². The van der Waals surface area contributed by atoms with Gasteiger partial charge in [-0.1, -0.05) is 0 Å². The number of thiophene rings is 1. The molecule has 0 fully saturated rings. The van der Waals surface area contributed by atoms with E-state index in [0.717, 1.165) is 47.4 Å². The van der Waals surface area contributed by atoms with Gasteiger partial charge < -0.3 is 15.0 Å². The lowest BCUT2D eigenvalue weighted by molar-refractivity contribution is -0.115. The van der Waals surface area contributed by atoms with Gasteiger partial charge in [-0.2, -0.15) is 0 Å². The first kappa shape index (κ1) is 15.8. The van der Waals surface area contributed by atoms with Gasteiger partial charge in [0, 0.05) is 29.5 Å². The number of aromatic carboxylic acids is 1. The minimum atomic E-state index is -0.935. The highest BCUT2D eigenvalue weighted by molar-refractivity contribution is 7.20. The number of hydrogen-bond acceptors (Lipinski definition) is 4. The molecule has 0 aliphatic carbocycles. The molecule has 0 atom stereocenters. The summed E-state index contributed by atoms with van der Waals surface area (Å²) in [4.78, 5) is 28.2. The highest BCUT2D eigenvalue weighted by atomic mass is 32.1. The molecule has 1 aromatic carbocycles. The van der Waals surface area contributed by atoms with E-state index in [4.69, 9.17) is 5.11 Å². The predicted molar refractivity (Wildman–Crippen MR) is 96.3 cm³/mol. The van der Waals surface area contributed by atoms with Crippen LogP contribution in [0.25, 0.3) is 10.1 Å². The van der Waals surface area contributed by atoms with E-state index >= 15 is 0 Å². The Morgan fingerprint density at radius 1 is 1.28 bits per heavy atom. The Morgan fingerprint density at radius 2 is 2.16 bits per heavy atom. The maximum atomic E-state index is 12.3. The third kappa shape index (κ3) is 3.28. The first-order valence-corrected chi connectivity index (χ1v) is 9.02. The smallest absolute Gasteiger partial charge is 0.345 e. The molecule has 0 saturated heterocycles. The van der Waals surface area contributed by atoms with Crippen LogP contribution in [0, 0.1) is 0 Å². The van der Waals surface area contributed by atoms with E-state index in [9.17, 15) is 9.59 Å². The van der Waals surface area contributed by atoms with Gasteiger partial charge in [0.15, 0.2) is 0 Å². The van der Waals surface area contributed by atoms with Gasteiger partial charge in [0.05, 0.1) is 12.1 Å². The number of carboxylic acids is 1. The van der Waals surface area contributed by atoms with E-state index in [0.29, 0.717) is 10.6 Å². The molecule has 1 aliphatic rings. The standard InChI is InChI=1S/C18H17N3O3S/c22-17(9-13-10-21-6-2-1-3-16(21)19-13)20-12-4-5-14-11(7-12)8-15(25-14)18(23)24/h4-5,7-8,10H,1-3,6,9H2,(H,20,22)(H,23,24). The third-order valence-corrected chi connectivity index (χ3v) is 5.42. The van der Waals surface area contributed by atoms with Crippen molar-refractivity contribution in [3.8, 4) is 0 Å². The van der Waals surface area contributed by atoms with Crippen molar-refractivity contribution in [3.63, 3.8) is 0 Å². The first-order valence-electron chi connectivity index (χ1n) is 8.20. The Kier molecular flexibility index (Phi) is 4.01. The molecule has 3 aromatic rings. The number of anilines is 1. The summed E-state index contributed by atoms with van der Waals surface area (Å²) >= 11 is 1.23. The maximum Gasteiger partial charge on any atom is 0.345 e. The van der Waals surface area contributed by atoms with Gasteiger partial charge in [0.1, 0.15) is 10.7 Å². The van der Waals surface area contributed by atoms with Gasteiger partial charge in [0.25, 0.3) is 0 Å². The van der Waals surface area contributed by atoms with Gasteiger partial charge in [0.2, 0.25) is 5.91 Å². The summed E-state index contributed by atoms with van der Waals surface area (Å²) in [6.45, 7) is 0.977. The summed E-state index contributed by atoms with van der Waals surface area (Å²) < 4.78 is 3.02. The monoisotopic (exact) mass is 355 g/mol. The Labute approximate surface area is 148 Å².